The smallest absolute Gasteiger partial charge is 0.0809 e. The Morgan fingerprint density at radius 2 is 2.33 bits per heavy atom. The molecule has 0 bridgehead atoms. The van der Waals surface area contributed by atoms with Crippen molar-refractivity contribution in [2.75, 3.05) is 6.54 Å². The van der Waals surface area contributed by atoms with Crippen LogP contribution in [0.3, 0.4) is 0 Å². The van der Waals surface area contributed by atoms with E-state index in [1.807, 2.05) is 26.1 Å². The first-order chi connectivity index (χ1) is 8.52. The molecule has 3 nitrogen and oxygen atoms in total. The van der Waals surface area contributed by atoms with E-state index in [9.17, 15) is 0 Å². The number of aromatic nitrogens is 1. The minimum Gasteiger partial charge on any atom is -0.309 e. The molecular formula is C14H17N3S. The first kappa shape index (κ1) is 13.0. The van der Waals surface area contributed by atoms with Crippen LogP contribution in [0.5, 0.6) is 0 Å². The molecule has 0 aliphatic rings. The lowest BCUT2D eigenvalue weighted by Crippen LogP contribution is -2.30. The van der Waals surface area contributed by atoms with Gasteiger partial charge in [-0.3, -0.25) is 4.98 Å². The molecule has 0 spiro atoms. The lowest BCUT2D eigenvalue weighted by atomic mass is 9.95. The van der Waals surface area contributed by atoms with Gasteiger partial charge in [-0.25, -0.2) is 0 Å². The summed E-state index contributed by atoms with van der Waals surface area (Å²) in [6, 6.07) is 6.70. The summed E-state index contributed by atoms with van der Waals surface area (Å²) in [5, 5.41) is 14.4. The average Bonchev–Trinajstić information content (AvgIpc) is 2.83. The number of fused-ring (bicyclic) bond motifs is 1. The minimum absolute atomic E-state index is 0.205. The third-order valence-corrected chi connectivity index (χ3v) is 3.83. The van der Waals surface area contributed by atoms with Crippen molar-refractivity contribution in [1.82, 2.24) is 10.3 Å². The van der Waals surface area contributed by atoms with Gasteiger partial charge in [0.1, 0.15) is 0 Å². The summed E-state index contributed by atoms with van der Waals surface area (Å²) in [5.74, 6) is 0. The standard InChI is InChI=1S/C14H17N3S/c1-10(17-9-14(2,3)8-15)11-6-13-12(16-7-11)4-5-18-13/h4-7,10,17H,9H2,1-3H3. The molecule has 0 aliphatic carbocycles. The van der Waals surface area contributed by atoms with Crippen LogP contribution >= 0.6 is 11.3 Å². The fourth-order valence-corrected chi connectivity index (χ4v) is 2.45. The molecule has 2 aromatic heterocycles. The molecule has 0 saturated heterocycles. The molecule has 94 valence electrons. The Bertz CT molecular complexity index is 580. The minimum atomic E-state index is -0.339. The third kappa shape index (κ3) is 2.87. The van der Waals surface area contributed by atoms with Crippen LogP contribution in [-0.4, -0.2) is 11.5 Å². The lowest BCUT2D eigenvalue weighted by molar-refractivity contribution is 0.415. The topological polar surface area (TPSA) is 48.7 Å². The van der Waals surface area contributed by atoms with Gasteiger partial charge in [-0.1, -0.05) is 0 Å². The van der Waals surface area contributed by atoms with Crippen LogP contribution in [0, 0.1) is 16.7 Å². The fraction of sp³-hybridized carbons (Fsp3) is 0.429. The Kier molecular flexibility index (Phi) is 3.65. The van der Waals surface area contributed by atoms with E-state index in [0.717, 1.165) is 5.52 Å². The average molecular weight is 259 g/mol. The van der Waals surface area contributed by atoms with Crippen LogP contribution in [0.1, 0.15) is 32.4 Å². The zero-order valence-corrected chi connectivity index (χ0v) is 11.7. The Labute approximate surface area is 111 Å². The SMILES string of the molecule is CC(NCC(C)(C)C#N)c1cnc2ccsc2c1. The largest absolute Gasteiger partial charge is 0.309 e. The quantitative estimate of drug-likeness (QED) is 0.914. The predicted molar refractivity (Wildman–Crippen MR) is 75.4 cm³/mol. The summed E-state index contributed by atoms with van der Waals surface area (Å²) in [7, 11) is 0. The van der Waals surface area contributed by atoms with E-state index in [4.69, 9.17) is 5.26 Å². The van der Waals surface area contributed by atoms with Crippen LogP contribution in [0.2, 0.25) is 0 Å². The van der Waals surface area contributed by atoms with Crippen molar-refractivity contribution in [2.45, 2.75) is 26.8 Å². The summed E-state index contributed by atoms with van der Waals surface area (Å²) < 4.78 is 1.21. The van der Waals surface area contributed by atoms with Gasteiger partial charge in [0.2, 0.25) is 0 Å². The normalized spacial score (nSPS) is 13.4. The summed E-state index contributed by atoms with van der Waals surface area (Å²) in [6.45, 7) is 6.65. The van der Waals surface area contributed by atoms with Crippen molar-refractivity contribution in [1.29, 1.82) is 5.26 Å². The second-order valence-electron chi connectivity index (χ2n) is 5.17. The highest BCUT2D eigenvalue weighted by molar-refractivity contribution is 7.17. The summed E-state index contributed by atoms with van der Waals surface area (Å²) in [6.07, 6.45) is 1.91. The molecule has 0 fully saturated rings. The van der Waals surface area contributed by atoms with Gasteiger partial charge in [-0.05, 0) is 43.8 Å². The van der Waals surface area contributed by atoms with Crippen LogP contribution in [-0.2, 0) is 0 Å². The summed E-state index contributed by atoms with van der Waals surface area (Å²) in [4.78, 5) is 4.43. The molecule has 4 heteroatoms. The molecular weight excluding hydrogens is 242 g/mol. The van der Waals surface area contributed by atoms with Crippen molar-refractivity contribution >= 4 is 21.6 Å². The van der Waals surface area contributed by atoms with Gasteiger partial charge in [0.25, 0.3) is 0 Å². The highest BCUT2D eigenvalue weighted by atomic mass is 32.1. The van der Waals surface area contributed by atoms with Gasteiger partial charge in [-0.2, -0.15) is 5.26 Å². The van der Waals surface area contributed by atoms with E-state index in [0.29, 0.717) is 6.54 Å². The first-order valence-electron chi connectivity index (χ1n) is 6.00. The number of nitriles is 1. The van der Waals surface area contributed by atoms with Gasteiger partial charge in [0.15, 0.2) is 0 Å². The highest BCUT2D eigenvalue weighted by Crippen LogP contribution is 2.23. The molecule has 1 unspecified atom stereocenters. The van der Waals surface area contributed by atoms with Crippen molar-refractivity contribution < 1.29 is 0 Å². The van der Waals surface area contributed by atoms with Gasteiger partial charge in [0.05, 0.1) is 21.7 Å². The van der Waals surface area contributed by atoms with E-state index >= 15 is 0 Å². The molecule has 0 aliphatic heterocycles. The van der Waals surface area contributed by atoms with Crippen molar-refractivity contribution in [3.05, 3.63) is 29.3 Å². The highest BCUT2D eigenvalue weighted by Gasteiger charge is 2.18. The third-order valence-electron chi connectivity index (χ3n) is 2.98. The molecule has 2 aromatic rings. The number of nitrogens with one attached hydrogen (secondary N) is 1. The molecule has 0 radical (unpaired) electrons. The summed E-state index contributed by atoms with van der Waals surface area (Å²) >= 11 is 1.70. The van der Waals surface area contributed by atoms with E-state index in [1.54, 1.807) is 11.3 Å². The first-order valence-corrected chi connectivity index (χ1v) is 6.87. The molecule has 1 atom stereocenters. The van der Waals surface area contributed by atoms with E-state index in [-0.39, 0.29) is 11.5 Å². The predicted octanol–water partition coefficient (Wildman–Crippen LogP) is 3.50. The maximum atomic E-state index is 8.99. The number of nitrogens with zero attached hydrogens (tertiary/aromatic N) is 2. The van der Waals surface area contributed by atoms with E-state index in [1.165, 1.54) is 10.3 Å². The molecule has 0 amide bonds. The monoisotopic (exact) mass is 259 g/mol. The van der Waals surface area contributed by atoms with E-state index in [2.05, 4.69) is 34.7 Å². The van der Waals surface area contributed by atoms with Crippen LogP contribution in [0.4, 0.5) is 0 Å². The molecule has 18 heavy (non-hydrogen) atoms. The van der Waals surface area contributed by atoms with Gasteiger partial charge in [0, 0.05) is 18.8 Å². The number of pyridine rings is 1. The molecule has 1 N–H and O–H groups in total. The maximum absolute atomic E-state index is 8.99. The molecule has 0 aromatic carbocycles. The Balaban J connectivity index is 2.09. The van der Waals surface area contributed by atoms with Crippen molar-refractivity contribution in [2.24, 2.45) is 5.41 Å². The Hall–Kier alpha value is -1.44. The van der Waals surface area contributed by atoms with Gasteiger partial charge < -0.3 is 5.32 Å². The van der Waals surface area contributed by atoms with Crippen LogP contribution in [0.25, 0.3) is 10.2 Å². The Morgan fingerprint density at radius 3 is 3.06 bits per heavy atom. The molecule has 0 saturated carbocycles. The summed E-state index contributed by atoms with van der Waals surface area (Å²) in [5.41, 5.74) is 1.88. The van der Waals surface area contributed by atoms with Gasteiger partial charge >= 0.3 is 0 Å². The lowest BCUT2D eigenvalue weighted by Gasteiger charge is -2.20. The van der Waals surface area contributed by atoms with Crippen molar-refractivity contribution in [3.63, 3.8) is 0 Å². The maximum Gasteiger partial charge on any atom is 0.0809 e. The number of hydrogen-bond donors (Lipinski definition) is 1. The van der Waals surface area contributed by atoms with Crippen molar-refractivity contribution in [3.8, 4) is 6.07 Å². The van der Waals surface area contributed by atoms with Gasteiger partial charge in [-0.15, -0.1) is 11.3 Å². The van der Waals surface area contributed by atoms with Crippen LogP contribution < -0.4 is 5.32 Å². The molecule has 2 rings (SSSR count). The van der Waals surface area contributed by atoms with Crippen LogP contribution in [0.15, 0.2) is 23.7 Å². The number of rotatable bonds is 4. The number of thiophene rings is 1. The second kappa shape index (κ2) is 5.05. The molecule has 2 heterocycles. The zero-order chi connectivity index (χ0) is 13.2. The van der Waals surface area contributed by atoms with E-state index < -0.39 is 0 Å². The second-order valence-corrected chi connectivity index (χ2v) is 6.12. The fourth-order valence-electron chi connectivity index (χ4n) is 1.66. The zero-order valence-electron chi connectivity index (χ0n) is 10.9. The Morgan fingerprint density at radius 1 is 1.56 bits per heavy atom. The number of hydrogen-bond acceptors (Lipinski definition) is 4.